The van der Waals surface area contributed by atoms with Crippen LogP contribution in [0.5, 0.6) is 11.5 Å². The van der Waals surface area contributed by atoms with Crippen molar-refractivity contribution in [1.29, 1.82) is 0 Å². The molecule has 4 aromatic rings. The van der Waals surface area contributed by atoms with Crippen molar-refractivity contribution in [3.05, 3.63) is 73.3 Å². The number of aliphatic hydroxyl groups is 2. The zero-order valence-corrected chi connectivity index (χ0v) is 19.1. The SMILES string of the molecule is Nc1ncnc2c1ncn2[C@@H]1O[C@H](COP(=O)(Oc2ccccc2)Oc2ccccc2)[C@@H](O)[C@H]1O. The average Bonchev–Trinajstić information content (AvgIpc) is 3.41. The third-order valence-electron chi connectivity index (χ3n) is 5.32. The molecule has 2 aromatic heterocycles. The molecule has 35 heavy (non-hydrogen) atoms. The Labute approximate surface area is 199 Å². The molecule has 0 radical (unpaired) electrons. The topological polar surface area (TPSA) is 164 Å². The lowest BCUT2D eigenvalue weighted by atomic mass is 10.1. The van der Waals surface area contributed by atoms with Crippen molar-refractivity contribution in [3.63, 3.8) is 0 Å². The summed E-state index contributed by atoms with van der Waals surface area (Å²) in [6, 6.07) is 16.8. The molecule has 1 aliphatic rings. The number of para-hydroxylation sites is 2. The number of anilines is 1. The number of benzene rings is 2. The van der Waals surface area contributed by atoms with Gasteiger partial charge in [0.15, 0.2) is 17.7 Å². The van der Waals surface area contributed by atoms with Crippen LogP contribution in [0.25, 0.3) is 11.2 Å². The number of ether oxygens (including phenoxy) is 1. The molecular formula is C22H22N5O7P. The first-order chi connectivity index (χ1) is 16.9. The number of phosphoric acid groups is 1. The number of hydrogen-bond acceptors (Lipinski definition) is 11. The molecule has 0 unspecified atom stereocenters. The number of imidazole rings is 1. The van der Waals surface area contributed by atoms with Crippen molar-refractivity contribution in [2.24, 2.45) is 0 Å². The van der Waals surface area contributed by atoms with Crippen LogP contribution < -0.4 is 14.8 Å². The molecule has 13 heteroatoms. The van der Waals surface area contributed by atoms with Gasteiger partial charge in [-0.2, -0.15) is 0 Å². The maximum atomic E-state index is 13.5. The summed E-state index contributed by atoms with van der Waals surface area (Å²) in [5, 5.41) is 21.3. The largest absolute Gasteiger partial charge is 0.587 e. The third kappa shape index (κ3) is 4.83. The number of aliphatic hydroxyl groups excluding tert-OH is 2. The first kappa shape index (κ1) is 23.2. The van der Waals surface area contributed by atoms with Crippen molar-refractivity contribution >= 4 is 24.8 Å². The second-order valence-corrected chi connectivity index (χ2v) is 9.20. The fraction of sp³-hybridized carbons (Fsp3) is 0.227. The number of phosphoric ester groups is 1. The highest BCUT2D eigenvalue weighted by molar-refractivity contribution is 7.49. The molecule has 0 bridgehead atoms. The van der Waals surface area contributed by atoms with Gasteiger partial charge in [-0.15, -0.1) is 0 Å². The molecule has 0 saturated carbocycles. The van der Waals surface area contributed by atoms with E-state index < -0.39 is 39.0 Å². The summed E-state index contributed by atoms with van der Waals surface area (Å²) in [6.45, 7) is -0.407. The number of fused-ring (bicyclic) bond motifs is 1. The maximum absolute atomic E-state index is 13.5. The highest BCUT2D eigenvalue weighted by Crippen LogP contribution is 2.50. The zero-order valence-electron chi connectivity index (χ0n) is 18.2. The molecular weight excluding hydrogens is 477 g/mol. The van der Waals surface area contributed by atoms with E-state index in [1.54, 1.807) is 60.7 Å². The lowest BCUT2D eigenvalue weighted by Gasteiger charge is -2.21. The summed E-state index contributed by atoms with van der Waals surface area (Å²) < 4.78 is 37.5. The predicted octanol–water partition coefficient (Wildman–Crippen LogP) is 2.31. The Morgan fingerprint density at radius 3 is 2.20 bits per heavy atom. The molecule has 182 valence electrons. The van der Waals surface area contributed by atoms with Crippen molar-refractivity contribution in [1.82, 2.24) is 19.5 Å². The van der Waals surface area contributed by atoms with Gasteiger partial charge in [0.05, 0.1) is 12.9 Å². The molecule has 3 heterocycles. The zero-order chi connectivity index (χ0) is 24.4. The van der Waals surface area contributed by atoms with Crippen LogP contribution >= 0.6 is 7.82 Å². The Hall–Kier alpha value is -3.54. The Bertz CT molecular complexity index is 1290. The lowest BCUT2D eigenvalue weighted by molar-refractivity contribution is -0.0498. The quantitative estimate of drug-likeness (QED) is 0.305. The Balaban J connectivity index is 1.34. The van der Waals surface area contributed by atoms with Gasteiger partial charge in [-0.1, -0.05) is 36.4 Å². The van der Waals surface area contributed by atoms with E-state index in [4.69, 9.17) is 24.0 Å². The number of aromatic nitrogens is 4. The minimum atomic E-state index is -4.22. The van der Waals surface area contributed by atoms with Crippen LogP contribution in [0, 0.1) is 0 Å². The predicted molar refractivity (Wildman–Crippen MR) is 123 cm³/mol. The molecule has 1 aliphatic heterocycles. The summed E-state index contributed by atoms with van der Waals surface area (Å²) in [5.41, 5.74) is 6.47. The summed E-state index contributed by atoms with van der Waals surface area (Å²) in [6.07, 6.45) is -2.23. The Morgan fingerprint density at radius 1 is 0.943 bits per heavy atom. The molecule has 0 amide bonds. The summed E-state index contributed by atoms with van der Waals surface area (Å²) in [7, 11) is -4.22. The molecule has 1 fully saturated rings. The van der Waals surface area contributed by atoms with Crippen molar-refractivity contribution < 1.29 is 33.1 Å². The van der Waals surface area contributed by atoms with E-state index in [0.717, 1.165) is 0 Å². The maximum Gasteiger partial charge on any atom is 0.587 e. The van der Waals surface area contributed by atoms with Crippen LogP contribution in [0.15, 0.2) is 73.3 Å². The van der Waals surface area contributed by atoms with Crippen molar-refractivity contribution in [2.45, 2.75) is 24.5 Å². The molecule has 4 atom stereocenters. The fourth-order valence-corrected chi connectivity index (χ4v) is 4.84. The lowest BCUT2D eigenvalue weighted by Crippen LogP contribution is -2.34. The second kappa shape index (κ2) is 9.61. The summed E-state index contributed by atoms with van der Waals surface area (Å²) in [5.74, 6) is 0.693. The molecule has 0 spiro atoms. The van der Waals surface area contributed by atoms with Crippen LogP contribution in [0.1, 0.15) is 6.23 Å². The van der Waals surface area contributed by atoms with Gasteiger partial charge in [0.2, 0.25) is 0 Å². The van der Waals surface area contributed by atoms with E-state index in [9.17, 15) is 14.8 Å². The number of hydrogen-bond donors (Lipinski definition) is 3. The van der Waals surface area contributed by atoms with Gasteiger partial charge < -0.3 is 29.7 Å². The van der Waals surface area contributed by atoms with Crippen molar-refractivity contribution in [3.8, 4) is 11.5 Å². The highest BCUT2D eigenvalue weighted by Gasteiger charge is 2.46. The van der Waals surface area contributed by atoms with Gasteiger partial charge in [-0.05, 0) is 24.3 Å². The minimum absolute atomic E-state index is 0.165. The monoisotopic (exact) mass is 499 g/mol. The van der Waals surface area contributed by atoms with E-state index >= 15 is 0 Å². The minimum Gasteiger partial charge on any atom is -0.395 e. The van der Waals surface area contributed by atoms with E-state index in [-0.39, 0.29) is 17.3 Å². The Kier molecular flexibility index (Phi) is 6.37. The van der Waals surface area contributed by atoms with Gasteiger partial charge in [-0.25, -0.2) is 19.5 Å². The van der Waals surface area contributed by atoms with Crippen LogP contribution in [-0.2, 0) is 13.8 Å². The number of nitrogen functional groups attached to an aromatic ring is 1. The van der Waals surface area contributed by atoms with Gasteiger partial charge in [-0.3, -0.25) is 9.09 Å². The van der Waals surface area contributed by atoms with E-state index in [2.05, 4.69) is 15.0 Å². The Morgan fingerprint density at radius 2 is 1.57 bits per heavy atom. The second-order valence-electron chi connectivity index (χ2n) is 7.68. The van der Waals surface area contributed by atoms with Gasteiger partial charge in [0.1, 0.15) is 41.7 Å². The van der Waals surface area contributed by atoms with Crippen molar-refractivity contribution in [2.75, 3.05) is 12.3 Å². The summed E-state index contributed by atoms with van der Waals surface area (Å²) >= 11 is 0. The fourth-order valence-electron chi connectivity index (χ4n) is 3.61. The standard InChI is InChI=1S/C22H22N5O7P/c23-20-17-21(25-12-24-20)27(13-26-17)22-19(29)18(28)16(32-22)11-31-35(30,33-14-7-3-1-4-8-14)34-15-9-5-2-6-10-15/h1-10,12-13,16,18-19,22,28-29H,11H2,(H2,23,24,25)/t16-,18-,19-,22-/m1/s1. The normalized spacial score (nSPS) is 22.3. The van der Waals surface area contributed by atoms with Crippen LogP contribution in [0.2, 0.25) is 0 Å². The first-order valence-corrected chi connectivity index (χ1v) is 12.1. The first-order valence-electron chi connectivity index (χ1n) is 10.6. The van der Waals surface area contributed by atoms with Crippen LogP contribution in [0.4, 0.5) is 5.82 Å². The number of nitrogens with zero attached hydrogens (tertiary/aromatic N) is 4. The molecule has 0 aliphatic carbocycles. The van der Waals surface area contributed by atoms with Gasteiger partial charge >= 0.3 is 7.82 Å². The van der Waals surface area contributed by atoms with E-state index in [1.165, 1.54) is 17.2 Å². The average molecular weight is 499 g/mol. The summed E-state index contributed by atoms with van der Waals surface area (Å²) in [4.78, 5) is 12.2. The molecule has 2 aromatic carbocycles. The van der Waals surface area contributed by atoms with Gasteiger partial charge in [0.25, 0.3) is 0 Å². The van der Waals surface area contributed by atoms with E-state index in [0.29, 0.717) is 11.2 Å². The molecule has 4 N–H and O–H groups in total. The smallest absolute Gasteiger partial charge is 0.395 e. The molecule has 12 nitrogen and oxygen atoms in total. The molecule has 1 saturated heterocycles. The van der Waals surface area contributed by atoms with Crippen LogP contribution in [-0.4, -0.2) is 54.7 Å². The third-order valence-corrected chi connectivity index (χ3v) is 6.65. The van der Waals surface area contributed by atoms with E-state index in [1.807, 2.05) is 0 Å². The van der Waals surface area contributed by atoms with Crippen LogP contribution in [0.3, 0.4) is 0 Å². The van der Waals surface area contributed by atoms with Gasteiger partial charge in [0, 0.05) is 0 Å². The highest BCUT2D eigenvalue weighted by atomic mass is 31.2. The number of rotatable bonds is 8. The molecule has 5 rings (SSSR count). The number of nitrogens with two attached hydrogens (primary N) is 1.